The fourth-order valence-electron chi connectivity index (χ4n) is 3.30. The fourth-order valence-corrected chi connectivity index (χ4v) is 3.64. The van der Waals surface area contributed by atoms with Crippen LogP contribution in [0.15, 0.2) is 23.7 Å². The van der Waals surface area contributed by atoms with Crippen LogP contribution in [0, 0.1) is 17.2 Å². The molecular formula is C18H23N7OS. The van der Waals surface area contributed by atoms with Crippen molar-refractivity contribution in [3.05, 3.63) is 24.2 Å². The van der Waals surface area contributed by atoms with Crippen molar-refractivity contribution in [2.24, 2.45) is 5.92 Å². The van der Waals surface area contributed by atoms with E-state index in [0.717, 1.165) is 44.1 Å². The van der Waals surface area contributed by atoms with E-state index in [0.29, 0.717) is 22.5 Å². The van der Waals surface area contributed by atoms with Crippen LogP contribution in [0.2, 0.25) is 0 Å². The van der Waals surface area contributed by atoms with Gasteiger partial charge in [-0.2, -0.15) is 5.26 Å². The van der Waals surface area contributed by atoms with Crippen molar-refractivity contribution in [2.75, 3.05) is 49.8 Å². The summed E-state index contributed by atoms with van der Waals surface area (Å²) in [7, 11) is 3.62. The molecule has 0 radical (unpaired) electrons. The van der Waals surface area contributed by atoms with Gasteiger partial charge in [0.05, 0.1) is 13.3 Å². The van der Waals surface area contributed by atoms with E-state index in [1.165, 1.54) is 11.8 Å². The molecule has 27 heavy (non-hydrogen) atoms. The van der Waals surface area contributed by atoms with Crippen LogP contribution in [-0.2, 0) is 0 Å². The van der Waals surface area contributed by atoms with Crippen LogP contribution in [0.25, 0.3) is 0 Å². The molecule has 1 aliphatic heterocycles. The molecular weight excluding hydrogens is 362 g/mol. The zero-order chi connectivity index (χ0) is 19.2. The zero-order valence-electron chi connectivity index (χ0n) is 15.8. The minimum Gasteiger partial charge on any atom is -0.478 e. The van der Waals surface area contributed by atoms with Gasteiger partial charge in [0.15, 0.2) is 16.8 Å². The van der Waals surface area contributed by atoms with Gasteiger partial charge in [-0.05, 0) is 25.0 Å². The highest BCUT2D eigenvalue weighted by Gasteiger charge is 2.24. The second-order valence-corrected chi connectivity index (χ2v) is 7.18. The Balaban J connectivity index is 1.63. The zero-order valence-corrected chi connectivity index (χ0v) is 16.6. The lowest BCUT2D eigenvalue weighted by molar-refractivity contribution is 0.386. The van der Waals surface area contributed by atoms with E-state index in [1.54, 1.807) is 25.7 Å². The average Bonchev–Trinajstić information content (AvgIpc) is 2.73. The lowest BCUT2D eigenvalue weighted by Crippen LogP contribution is -2.39. The van der Waals surface area contributed by atoms with Crippen molar-refractivity contribution in [3.63, 3.8) is 0 Å². The number of rotatable bonds is 6. The van der Waals surface area contributed by atoms with E-state index in [4.69, 9.17) is 4.74 Å². The molecule has 0 spiro atoms. The van der Waals surface area contributed by atoms with Gasteiger partial charge in [0.25, 0.3) is 5.88 Å². The summed E-state index contributed by atoms with van der Waals surface area (Å²) in [6, 6.07) is 2.21. The van der Waals surface area contributed by atoms with Gasteiger partial charge in [-0.1, -0.05) is 11.8 Å². The first-order chi connectivity index (χ1) is 13.2. The highest BCUT2D eigenvalue weighted by atomic mass is 32.2. The van der Waals surface area contributed by atoms with E-state index < -0.39 is 0 Å². The molecule has 142 valence electrons. The van der Waals surface area contributed by atoms with Crippen LogP contribution in [0.5, 0.6) is 5.88 Å². The quantitative estimate of drug-likeness (QED) is 0.548. The Morgan fingerprint density at radius 2 is 2.04 bits per heavy atom. The third-order valence-electron chi connectivity index (χ3n) is 4.70. The lowest BCUT2D eigenvalue weighted by Gasteiger charge is -2.35. The van der Waals surface area contributed by atoms with Crippen molar-refractivity contribution in [3.8, 4) is 11.9 Å². The molecule has 8 nitrogen and oxygen atoms in total. The highest BCUT2D eigenvalue weighted by molar-refractivity contribution is 7.98. The molecule has 3 heterocycles. The van der Waals surface area contributed by atoms with Crippen LogP contribution in [0.3, 0.4) is 0 Å². The standard InChI is InChI=1S/C18H23N7OS/c1-24(16-17(26-2)21-7-6-20-16)12-13-4-8-25(9-5-13)15-14(10-19)11-22-18(23-15)27-3/h6-7,11,13H,4-5,8-9,12H2,1-3H3. The number of anilines is 2. The Bertz CT molecular complexity index is 818. The van der Waals surface area contributed by atoms with Gasteiger partial charge in [0.1, 0.15) is 11.6 Å². The van der Waals surface area contributed by atoms with E-state index in [2.05, 4.69) is 35.8 Å². The smallest absolute Gasteiger partial charge is 0.257 e. The molecule has 1 saturated heterocycles. The molecule has 3 rings (SSSR count). The minimum absolute atomic E-state index is 0.533. The molecule has 1 aliphatic rings. The first kappa shape index (κ1) is 19.2. The van der Waals surface area contributed by atoms with Gasteiger partial charge >= 0.3 is 0 Å². The largest absolute Gasteiger partial charge is 0.478 e. The molecule has 2 aromatic heterocycles. The Morgan fingerprint density at radius 1 is 1.30 bits per heavy atom. The normalized spacial score (nSPS) is 14.7. The van der Waals surface area contributed by atoms with Gasteiger partial charge in [0.2, 0.25) is 0 Å². The molecule has 9 heteroatoms. The Morgan fingerprint density at radius 3 is 2.70 bits per heavy atom. The van der Waals surface area contributed by atoms with Crippen LogP contribution in [0.4, 0.5) is 11.6 Å². The SMILES string of the molecule is COc1nccnc1N(C)CC1CCN(c2nc(SC)ncc2C#N)CC1. The molecule has 2 aromatic rings. The van der Waals surface area contributed by atoms with Gasteiger partial charge in [-0.15, -0.1) is 0 Å². The molecule has 0 atom stereocenters. The van der Waals surface area contributed by atoms with Crippen LogP contribution in [-0.4, -0.2) is 60.0 Å². The van der Waals surface area contributed by atoms with Crippen molar-refractivity contribution in [2.45, 2.75) is 18.0 Å². The van der Waals surface area contributed by atoms with Crippen molar-refractivity contribution < 1.29 is 4.74 Å². The number of hydrogen-bond acceptors (Lipinski definition) is 9. The molecule has 0 aromatic carbocycles. The molecule has 0 aliphatic carbocycles. The fraction of sp³-hybridized carbons (Fsp3) is 0.500. The molecule has 0 bridgehead atoms. The Labute approximate surface area is 163 Å². The maximum Gasteiger partial charge on any atom is 0.257 e. The van der Waals surface area contributed by atoms with Gasteiger partial charge in [-0.3, -0.25) is 0 Å². The summed E-state index contributed by atoms with van der Waals surface area (Å²) in [4.78, 5) is 21.7. The summed E-state index contributed by atoms with van der Waals surface area (Å²) in [6.45, 7) is 2.62. The summed E-state index contributed by atoms with van der Waals surface area (Å²) in [6.07, 6.45) is 8.92. The first-order valence-corrected chi connectivity index (χ1v) is 10.0. The number of nitriles is 1. The molecule has 0 N–H and O–H groups in total. The third kappa shape index (κ3) is 4.39. The summed E-state index contributed by atoms with van der Waals surface area (Å²) in [5.41, 5.74) is 0.535. The number of hydrogen-bond donors (Lipinski definition) is 0. The Kier molecular flexibility index (Phi) is 6.29. The van der Waals surface area contributed by atoms with Crippen LogP contribution < -0.4 is 14.5 Å². The molecule has 0 amide bonds. The maximum absolute atomic E-state index is 9.36. The predicted octanol–water partition coefficient (Wildman–Crippen LogP) is 2.22. The summed E-state index contributed by atoms with van der Waals surface area (Å²) in [5, 5.41) is 10.1. The summed E-state index contributed by atoms with van der Waals surface area (Å²) >= 11 is 1.49. The van der Waals surface area contributed by atoms with E-state index in [-0.39, 0.29) is 0 Å². The van der Waals surface area contributed by atoms with Gasteiger partial charge in [0, 0.05) is 39.1 Å². The third-order valence-corrected chi connectivity index (χ3v) is 5.26. The number of nitrogens with zero attached hydrogens (tertiary/aromatic N) is 7. The second kappa shape index (κ2) is 8.86. The lowest BCUT2D eigenvalue weighted by atomic mass is 9.96. The van der Waals surface area contributed by atoms with E-state index in [9.17, 15) is 5.26 Å². The number of methoxy groups -OCH3 is 1. The average molecular weight is 385 g/mol. The number of piperidine rings is 1. The predicted molar refractivity (Wildman–Crippen MR) is 105 cm³/mol. The summed E-state index contributed by atoms with van der Waals surface area (Å²) in [5.74, 6) is 2.58. The minimum atomic E-state index is 0.533. The van der Waals surface area contributed by atoms with E-state index >= 15 is 0 Å². The van der Waals surface area contributed by atoms with Crippen molar-refractivity contribution in [1.29, 1.82) is 5.26 Å². The highest BCUT2D eigenvalue weighted by Crippen LogP contribution is 2.28. The number of ether oxygens (including phenoxy) is 1. The van der Waals surface area contributed by atoms with Crippen LogP contribution in [0.1, 0.15) is 18.4 Å². The second-order valence-electron chi connectivity index (χ2n) is 6.41. The number of thioether (sulfide) groups is 1. The van der Waals surface area contributed by atoms with Crippen LogP contribution >= 0.6 is 11.8 Å². The van der Waals surface area contributed by atoms with Crippen molar-refractivity contribution in [1.82, 2.24) is 19.9 Å². The van der Waals surface area contributed by atoms with Gasteiger partial charge < -0.3 is 14.5 Å². The number of aromatic nitrogens is 4. The maximum atomic E-state index is 9.36. The monoisotopic (exact) mass is 385 g/mol. The van der Waals surface area contributed by atoms with Crippen molar-refractivity contribution >= 4 is 23.4 Å². The molecule has 0 unspecified atom stereocenters. The molecule has 1 fully saturated rings. The molecule has 0 saturated carbocycles. The van der Waals surface area contributed by atoms with Gasteiger partial charge in [-0.25, -0.2) is 19.9 Å². The first-order valence-electron chi connectivity index (χ1n) is 8.78. The summed E-state index contributed by atoms with van der Waals surface area (Å²) < 4.78 is 5.31. The van der Waals surface area contributed by atoms with E-state index in [1.807, 2.05) is 13.3 Å². The Hall–Kier alpha value is -2.60. The topological polar surface area (TPSA) is 91.1 Å².